The largest absolute Gasteiger partial charge is 0.457 e. The van der Waals surface area contributed by atoms with Gasteiger partial charge >= 0.3 is 0 Å². The van der Waals surface area contributed by atoms with Crippen LogP contribution >= 0.6 is 0 Å². The third-order valence-corrected chi connectivity index (χ3v) is 25.0. The lowest BCUT2D eigenvalue weighted by molar-refractivity contribution is 0.489. The van der Waals surface area contributed by atoms with Gasteiger partial charge in [-0.25, -0.2) is 0 Å². The molecule has 0 radical (unpaired) electrons. The zero-order valence-electron chi connectivity index (χ0n) is 59.6. The Balaban J connectivity index is 0.828. The number of fused-ring (bicyclic) bond motifs is 30. The molecular formula is C102H62B2N4O2+2. The highest BCUT2D eigenvalue weighted by atomic mass is 16.5. The number of para-hydroxylation sites is 8. The van der Waals surface area contributed by atoms with Crippen molar-refractivity contribution in [2.45, 2.75) is 0 Å². The minimum atomic E-state index is -0.351. The molecule has 0 unspecified atom stereocenters. The fraction of sp³-hybridized carbons (Fsp3) is 0. The molecule has 8 heteroatoms. The lowest BCUT2D eigenvalue weighted by Crippen LogP contribution is -2.64. The van der Waals surface area contributed by atoms with Crippen LogP contribution in [0.4, 0.5) is 79.6 Å². The monoisotopic (exact) mass is 1400 g/mol. The fourth-order valence-electron chi connectivity index (χ4n) is 20.8. The second kappa shape index (κ2) is 22.3. The minimum Gasteiger partial charge on any atom is -0.457 e. The van der Waals surface area contributed by atoms with Gasteiger partial charge in [-0.2, -0.15) is 8.97 Å². The highest BCUT2D eigenvalue weighted by Gasteiger charge is 2.59. The number of rotatable bonds is 6. The van der Waals surface area contributed by atoms with Crippen LogP contribution in [0.25, 0.3) is 89.0 Å². The van der Waals surface area contributed by atoms with Gasteiger partial charge in [0.05, 0.1) is 50.2 Å². The van der Waals surface area contributed by atoms with E-state index < -0.39 is 0 Å². The summed E-state index contributed by atoms with van der Waals surface area (Å²) in [5, 5.41) is 0. The summed E-state index contributed by atoms with van der Waals surface area (Å²) in [6, 6.07) is 141. The molecule has 8 aliphatic rings. The zero-order valence-corrected chi connectivity index (χ0v) is 59.6. The van der Waals surface area contributed by atoms with E-state index in [-0.39, 0.29) is 13.4 Å². The molecule has 6 nitrogen and oxygen atoms in total. The molecule has 17 aromatic rings. The first-order valence-corrected chi connectivity index (χ1v) is 38.2. The molecule has 25 rings (SSSR count). The van der Waals surface area contributed by atoms with Crippen molar-refractivity contribution in [1.29, 1.82) is 0 Å². The van der Waals surface area contributed by atoms with Crippen molar-refractivity contribution in [2.75, 3.05) is 9.80 Å². The van der Waals surface area contributed by atoms with Crippen LogP contribution in [0.2, 0.25) is 0 Å². The predicted molar refractivity (Wildman–Crippen MR) is 456 cm³/mol. The molecule has 506 valence electrons. The summed E-state index contributed by atoms with van der Waals surface area (Å²) in [6.45, 7) is -0.674. The number of ether oxygens (including phenoxy) is 2. The lowest BCUT2D eigenvalue weighted by Gasteiger charge is -2.45. The highest BCUT2D eigenvalue weighted by molar-refractivity contribution is 7.02. The molecule has 110 heavy (non-hydrogen) atoms. The van der Waals surface area contributed by atoms with Gasteiger partial charge in [-0.3, -0.25) is 0 Å². The third-order valence-electron chi connectivity index (χ3n) is 25.0. The molecule has 0 aromatic heterocycles. The van der Waals surface area contributed by atoms with Gasteiger partial charge in [-0.05, 0) is 145 Å². The van der Waals surface area contributed by atoms with Crippen LogP contribution in [0.5, 0.6) is 23.0 Å². The Morgan fingerprint density at radius 2 is 0.545 bits per heavy atom. The van der Waals surface area contributed by atoms with E-state index in [4.69, 9.17) is 9.47 Å². The van der Waals surface area contributed by atoms with E-state index in [0.717, 1.165) is 140 Å². The summed E-state index contributed by atoms with van der Waals surface area (Å²) in [5.74, 6) is 3.44. The minimum absolute atomic E-state index is 0.323. The van der Waals surface area contributed by atoms with Crippen molar-refractivity contribution in [3.05, 3.63) is 376 Å². The van der Waals surface area contributed by atoms with E-state index in [1.807, 2.05) is 0 Å². The summed E-state index contributed by atoms with van der Waals surface area (Å²) < 4.78 is 17.2. The maximum atomic E-state index is 8.18. The average molecular weight is 1400 g/mol. The summed E-state index contributed by atoms with van der Waals surface area (Å²) in [7, 11) is 0. The molecule has 0 atom stereocenters. The van der Waals surface area contributed by atoms with Crippen LogP contribution in [0, 0.1) is 0 Å². The van der Waals surface area contributed by atoms with E-state index in [0.29, 0.717) is 8.97 Å². The number of nitrogens with zero attached hydrogens (tertiary/aromatic N) is 4. The summed E-state index contributed by atoms with van der Waals surface area (Å²) in [4.78, 5) is 5.21. The van der Waals surface area contributed by atoms with Crippen molar-refractivity contribution >= 4 is 126 Å². The Kier molecular flexibility index (Phi) is 12.2. The Morgan fingerprint density at radius 1 is 0.218 bits per heavy atom. The Labute approximate surface area is 638 Å². The molecule has 0 amide bonds. The quantitative estimate of drug-likeness (QED) is 0.122. The molecule has 8 aliphatic heterocycles. The normalized spacial score (nSPS) is 14.4. The van der Waals surface area contributed by atoms with Gasteiger partial charge < -0.3 is 19.3 Å². The predicted octanol–water partition coefficient (Wildman–Crippen LogP) is 23.7. The summed E-state index contributed by atoms with van der Waals surface area (Å²) in [5.41, 5.74) is 41.3. The van der Waals surface area contributed by atoms with Gasteiger partial charge in [-0.15, -0.1) is 0 Å². The van der Waals surface area contributed by atoms with Gasteiger partial charge in [0.1, 0.15) is 23.0 Å². The number of hydrogen-bond acceptors (Lipinski definition) is 4. The van der Waals surface area contributed by atoms with Gasteiger partial charge in [0.2, 0.25) is 0 Å². The molecule has 8 heterocycles. The molecular weight excluding hydrogens is 1330 g/mol. The van der Waals surface area contributed by atoms with Crippen LogP contribution in [-0.4, -0.2) is 13.4 Å². The lowest BCUT2D eigenvalue weighted by atomic mass is 9.30. The second-order valence-corrected chi connectivity index (χ2v) is 30.2. The van der Waals surface area contributed by atoms with E-state index in [9.17, 15) is 0 Å². The molecule has 0 bridgehead atoms. The first kappa shape index (κ1) is 60.2. The molecule has 0 aliphatic carbocycles. The van der Waals surface area contributed by atoms with Gasteiger partial charge in [0.15, 0.2) is 45.5 Å². The van der Waals surface area contributed by atoms with Crippen molar-refractivity contribution in [2.24, 2.45) is 0 Å². The number of anilines is 6. The van der Waals surface area contributed by atoms with Crippen LogP contribution in [-0.2, 0) is 0 Å². The summed E-state index contributed by atoms with van der Waals surface area (Å²) >= 11 is 0. The topological polar surface area (TPSA) is 24.9 Å². The smallest absolute Gasteiger partial charge is 0.256 e. The van der Waals surface area contributed by atoms with Crippen molar-refractivity contribution in [3.8, 4) is 112 Å². The van der Waals surface area contributed by atoms with Gasteiger partial charge in [-0.1, -0.05) is 249 Å². The van der Waals surface area contributed by atoms with Gasteiger partial charge in [0, 0.05) is 88.1 Å². The van der Waals surface area contributed by atoms with E-state index in [1.165, 1.54) is 84.2 Å². The molecule has 0 saturated heterocycles. The first-order chi connectivity index (χ1) is 54.6. The SMILES string of the molecule is c1ccc(-c2cc3c4c(c2)N(c2ccccc2)c2cc5c(cc2B4c2ccc4c(c2O3)-c2ccccc2[N+]42c3ccccc3-c3ccccc32)B2c3ccc4c(c3Oc3cc(-c6ccccc6)cc(c32)N5c2c(-c3ccccc3)cccc2-c2ccccc2)-c2ccccc2[N+]42c3ccccc3-c3ccccc32)cc1. The summed E-state index contributed by atoms with van der Waals surface area (Å²) in [6.07, 6.45) is 0. The Hall–Kier alpha value is -14.0. The van der Waals surface area contributed by atoms with Crippen LogP contribution < -0.4 is 61.0 Å². The highest BCUT2D eigenvalue weighted by Crippen LogP contribution is 2.72. The van der Waals surface area contributed by atoms with E-state index in [1.54, 1.807) is 0 Å². The average Bonchev–Trinajstić information content (AvgIpc) is 1.41. The number of quaternary nitrogens is 2. The Morgan fingerprint density at radius 3 is 0.955 bits per heavy atom. The number of hydrogen-bond donors (Lipinski definition) is 0. The second-order valence-electron chi connectivity index (χ2n) is 30.2. The molecule has 17 aromatic carbocycles. The molecule has 0 saturated carbocycles. The number of benzene rings is 17. The van der Waals surface area contributed by atoms with Crippen LogP contribution in [0.3, 0.4) is 0 Å². The standard InChI is InChI=1S/C102H62B2N4O2/c1-6-29-63(30-7-1)67-57-84-98-94(59-67)109-101-78(53-55-92-96(101)76-43-20-26-51-90(76)107(92)86-47-22-16-39-72(86)73-40-17-23-48-87(73)107)103(98)80-61-81-83(62-82(80)105(84)69-37-14-5-15-38-69)106(100-70(65-33-10-3-11-34-65)45-28-46-71(100)66-35-12-4-13-36-66)85-58-68(64-31-8-2-9-32-64)60-95-99(85)104(81)79-54-56-93-97(102(79)110-95)77-44-21-27-52-91(77)108(93)88-49-24-18-41-74(88)75-42-19-25-50-89(75)108/h1-62H/q+2. The zero-order chi connectivity index (χ0) is 71.7. The molecule has 0 N–H and O–H groups in total. The Bertz CT molecular complexity index is 6740. The van der Waals surface area contributed by atoms with Gasteiger partial charge in [0.25, 0.3) is 13.4 Å². The first-order valence-electron chi connectivity index (χ1n) is 38.2. The third kappa shape index (κ3) is 7.74. The van der Waals surface area contributed by atoms with Crippen LogP contribution in [0.15, 0.2) is 376 Å². The molecule has 0 fully saturated rings. The van der Waals surface area contributed by atoms with Crippen molar-refractivity contribution in [3.63, 3.8) is 0 Å². The van der Waals surface area contributed by atoms with Crippen molar-refractivity contribution in [1.82, 2.24) is 8.97 Å². The maximum absolute atomic E-state index is 8.18. The van der Waals surface area contributed by atoms with Crippen LogP contribution in [0.1, 0.15) is 0 Å². The molecule has 2 spiro atoms. The van der Waals surface area contributed by atoms with E-state index >= 15 is 0 Å². The fourth-order valence-corrected chi connectivity index (χ4v) is 20.8. The maximum Gasteiger partial charge on any atom is 0.256 e. The van der Waals surface area contributed by atoms with E-state index in [2.05, 4.69) is 386 Å². The van der Waals surface area contributed by atoms with Crippen molar-refractivity contribution < 1.29 is 9.47 Å².